The zero-order chi connectivity index (χ0) is 41.6. The Bertz CT molecular complexity index is 1990. The second kappa shape index (κ2) is 15.6. The number of sulfonamides is 1. The van der Waals surface area contributed by atoms with Crippen molar-refractivity contribution in [3.05, 3.63) is 47.8 Å². The van der Waals surface area contributed by atoms with Gasteiger partial charge in [-0.25, -0.2) is 22.4 Å². The molecule has 6 atom stereocenters. The first-order chi connectivity index (χ1) is 26.7. The van der Waals surface area contributed by atoms with Gasteiger partial charge in [-0.1, -0.05) is 18.2 Å². The summed E-state index contributed by atoms with van der Waals surface area (Å²) in [7, 11) is -2.67. The SMILES string of the molecule is C=C[C@@H]1C[C@]1(NC(=O)[C@@H]1C[C@@H](OC(=O)N2Cc3cccc(F)c3C2)CN1C(=O)[C@H](CN(C)C(=O)[C@@H]1CCC(=O)O1)NC(=O)OC(C)(C)C)C(=O)NS(=O)(=O)C1CC1. The van der Waals surface area contributed by atoms with E-state index in [2.05, 4.69) is 21.9 Å². The predicted molar refractivity (Wildman–Crippen MR) is 195 cm³/mol. The number of amides is 6. The molecule has 6 amide bonds. The van der Waals surface area contributed by atoms with Gasteiger partial charge < -0.3 is 34.6 Å². The zero-order valence-corrected chi connectivity index (χ0v) is 32.9. The van der Waals surface area contributed by atoms with E-state index in [1.165, 1.54) is 30.2 Å². The van der Waals surface area contributed by atoms with E-state index in [1.807, 2.05) is 0 Å². The van der Waals surface area contributed by atoms with E-state index in [1.54, 1.807) is 26.8 Å². The molecule has 18 nitrogen and oxygen atoms in total. The molecular formula is C37H47FN6O12S. The van der Waals surface area contributed by atoms with Gasteiger partial charge in [0.25, 0.3) is 11.8 Å². The predicted octanol–water partition coefficient (Wildman–Crippen LogP) is 0.974. The number of hydrogen-bond donors (Lipinski definition) is 3. The third-order valence-electron chi connectivity index (χ3n) is 10.5. The quantitative estimate of drug-likeness (QED) is 0.152. The summed E-state index contributed by atoms with van der Waals surface area (Å²) >= 11 is 0. The monoisotopic (exact) mass is 818 g/mol. The van der Waals surface area contributed by atoms with Crippen LogP contribution >= 0.6 is 0 Å². The number of benzene rings is 1. The molecule has 0 spiro atoms. The van der Waals surface area contributed by atoms with Crippen LogP contribution in [0, 0.1) is 11.7 Å². The normalized spacial score (nSPS) is 25.7. The van der Waals surface area contributed by atoms with Crippen LogP contribution in [0.25, 0.3) is 0 Å². The second-order valence-corrected chi connectivity index (χ2v) is 18.1. The molecule has 2 saturated carbocycles. The summed E-state index contributed by atoms with van der Waals surface area (Å²) in [5.41, 5.74) is -1.80. The van der Waals surface area contributed by atoms with Crippen LogP contribution < -0.4 is 15.4 Å². The smallest absolute Gasteiger partial charge is 0.410 e. The highest BCUT2D eigenvalue weighted by Gasteiger charge is 2.62. The number of likely N-dealkylation sites (tertiary alicyclic amines) is 1. The van der Waals surface area contributed by atoms with Gasteiger partial charge in [-0.2, -0.15) is 0 Å². The number of halogens is 1. The number of nitrogens with zero attached hydrogens (tertiary/aromatic N) is 3. The number of likely N-dealkylation sites (N-methyl/N-ethyl adjacent to an activating group) is 1. The molecule has 1 aromatic carbocycles. The highest BCUT2D eigenvalue weighted by atomic mass is 32.2. The van der Waals surface area contributed by atoms with Crippen molar-refractivity contribution in [2.24, 2.45) is 5.92 Å². The average molecular weight is 819 g/mol. The van der Waals surface area contributed by atoms with E-state index in [9.17, 15) is 46.4 Å². The Kier molecular flexibility index (Phi) is 11.3. The lowest BCUT2D eigenvalue weighted by Gasteiger charge is -2.32. The third kappa shape index (κ3) is 9.15. The van der Waals surface area contributed by atoms with Crippen LogP contribution in [0.4, 0.5) is 14.0 Å². The van der Waals surface area contributed by atoms with E-state index in [0.29, 0.717) is 24.0 Å². The van der Waals surface area contributed by atoms with Crippen molar-refractivity contribution >= 4 is 51.8 Å². The van der Waals surface area contributed by atoms with E-state index < -0.39 is 111 Å². The molecule has 3 aliphatic heterocycles. The van der Waals surface area contributed by atoms with Crippen LogP contribution in [0.5, 0.6) is 0 Å². The van der Waals surface area contributed by atoms with Crippen LogP contribution in [0.2, 0.25) is 0 Å². The largest absolute Gasteiger partial charge is 0.452 e. The summed E-state index contributed by atoms with van der Waals surface area (Å²) in [6.45, 7) is 7.60. The highest BCUT2D eigenvalue weighted by molar-refractivity contribution is 7.91. The lowest BCUT2D eigenvalue weighted by Crippen LogP contribution is -2.60. The maximum atomic E-state index is 14.6. The van der Waals surface area contributed by atoms with Gasteiger partial charge in [0.2, 0.25) is 21.8 Å². The van der Waals surface area contributed by atoms with Crippen molar-refractivity contribution in [1.82, 2.24) is 30.1 Å². The van der Waals surface area contributed by atoms with Crippen molar-refractivity contribution in [2.45, 2.75) is 113 Å². The first kappa shape index (κ1) is 41.4. The van der Waals surface area contributed by atoms with Crippen molar-refractivity contribution in [1.29, 1.82) is 0 Å². The Labute approximate surface area is 328 Å². The number of rotatable bonds is 12. The minimum Gasteiger partial charge on any atom is -0.452 e. The number of hydrogen-bond acceptors (Lipinski definition) is 12. The Morgan fingerprint density at radius 2 is 1.86 bits per heavy atom. The molecule has 4 fully saturated rings. The summed E-state index contributed by atoms with van der Waals surface area (Å²) in [5.74, 6) is -5.11. The van der Waals surface area contributed by atoms with Crippen LogP contribution in [-0.4, -0.2) is 126 Å². The number of ether oxygens (including phenoxy) is 3. The summed E-state index contributed by atoms with van der Waals surface area (Å²) in [5, 5.41) is 4.38. The number of alkyl carbamates (subject to hydrolysis) is 1. The molecule has 3 heterocycles. The van der Waals surface area contributed by atoms with Gasteiger partial charge in [0, 0.05) is 50.9 Å². The van der Waals surface area contributed by atoms with E-state index in [-0.39, 0.29) is 45.3 Å². The fourth-order valence-corrected chi connectivity index (χ4v) is 8.63. The van der Waals surface area contributed by atoms with Gasteiger partial charge in [0.05, 0.1) is 18.3 Å². The molecule has 3 N–H and O–H groups in total. The maximum Gasteiger partial charge on any atom is 0.410 e. The van der Waals surface area contributed by atoms with Crippen LogP contribution in [0.3, 0.4) is 0 Å². The molecule has 20 heteroatoms. The molecule has 310 valence electrons. The average Bonchev–Trinajstić information content (AvgIpc) is 3.95. The Balaban J connectivity index is 1.25. The number of fused-ring (bicyclic) bond motifs is 1. The standard InChI is InChI=1S/C37H47FN6O12S/c1-6-21-15-37(21,33(49)41-57(52,53)23-10-11-23)40-30(46)27-14-22(54-35(51)43-16-20-8-7-9-25(38)24(20)18-43)17-44(27)31(47)26(39-34(50)56-36(2,3)4)19-42(5)32(48)28-12-13-29(45)55-28/h6-9,21-23,26-28H,1,10-19H2,2-5H3,(H,39,50)(H,40,46)(H,41,49)/t21-,22-,26+,27+,28+,37-/m1/s1. The summed E-state index contributed by atoms with van der Waals surface area (Å²) < 4.78 is 58.2. The molecule has 0 radical (unpaired) electrons. The van der Waals surface area contributed by atoms with Gasteiger partial charge in [-0.05, 0) is 51.7 Å². The summed E-state index contributed by atoms with van der Waals surface area (Å²) in [6.07, 6.45) is -2.09. The van der Waals surface area contributed by atoms with Gasteiger partial charge in [0.1, 0.15) is 35.1 Å². The lowest BCUT2D eigenvalue weighted by molar-refractivity contribution is -0.153. The van der Waals surface area contributed by atoms with Gasteiger partial charge in [-0.15, -0.1) is 6.58 Å². The fraction of sp³-hybridized carbons (Fsp3) is 0.595. The second-order valence-electron chi connectivity index (χ2n) is 16.1. The van der Waals surface area contributed by atoms with E-state index in [0.717, 1.165) is 9.80 Å². The van der Waals surface area contributed by atoms with Crippen LogP contribution in [0.15, 0.2) is 30.9 Å². The Morgan fingerprint density at radius 3 is 2.46 bits per heavy atom. The van der Waals surface area contributed by atoms with Crippen molar-refractivity contribution in [2.75, 3.05) is 20.1 Å². The van der Waals surface area contributed by atoms with Gasteiger partial charge >= 0.3 is 18.2 Å². The fourth-order valence-electron chi connectivity index (χ4n) is 7.27. The molecule has 6 rings (SSSR count). The Hall–Kier alpha value is -5.27. The van der Waals surface area contributed by atoms with Crippen LogP contribution in [0.1, 0.15) is 70.4 Å². The van der Waals surface area contributed by atoms with Crippen molar-refractivity contribution < 1.29 is 60.6 Å². The number of esters is 1. The van der Waals surface area contributed by atoms with Gasteiger partial charge in [-0.3, -0.25) is 33.6 Å². The Morgan fingerprint density at radius 1 is 1.14 bits per heavy atom. The van der Waals surface area contributed by atoms with Gasteiger partial charge in [0.15, 0.2) is 6.10 Å². The molecule has 5 aliphatic rings. The number of carbonyl (C=O) groups excluding carboxylic acids is 7. The number of carbonyl (C=O) groups is 7. The first-order valence-corrected chi connectivity index (χ1v) is 20.2. The molecule has 2 saturated heterocycles. The molecular weight excluding hydrogens is 772 g/mol. The van der Waals surface area contributed by atoms with E-state index in [4.69, 9.17) is 14.2 Å². The minimum atomic E-state index is -4.00. The first-order valence-electron chi connectivity index (χ1n) is 18.7. The number of nitrogens with one attached hydrogen (secondary N) is 3. The maximum absolute atomic E-state index is 14.6. The van der Waals surface area contributed by atoms with Crippen LogP contribution in [-0.2, 0) is 61.3 Å². The molecule has 1 aromatic rings. The van der Waals surface area contributed by atoms with Crippen molar-refractivity contribution in [3.63, 3.8) is 0 Å². The number of cyclic esters (lactones) is 1. The minimum absolute atomic E-state index is 0.0148. The molecule has 0 unspecified atom stereocenters. The highest BCUT2D eigenvalue weighted by Crippen LogP contribution is 2.45. The third-order valence-corrected chi connectivity index (χ3v) is 12.3. The van der Waals surface area contributed by atoms with Crippen molar-refractivity contribution in [3.8, 4) is 0 Å². The summed E-state index contributed by atoms with van der Waals surface area (Å²) in [4.78, 5) is 97.1. The molecule has 0 aromatic heterocycles. The lowest BCUT2D eigenvalue weighted by atomic mass is 10.1. The molecule has 57 heavy (non-hydrogen) atoms. The zero-order valence-electron chi connectivity index (χ0n) is 32.1. The summed E-state index contributed by atoms with van der Waals surface area (Å²) in [6, 6.07) is 1.46. The topological polar surface area (TPSA) is 227 Å². The van der Waals surface area contributed by atoms with E-state index >= 15 is 0 Å². The molecule has 2 aliphatic carbocycles. The molecule has 0 bridgehead atoms.